The fraction of sp³-hybridized carbons (Fsp3) is 0.105. The van der Waals surface area contributed by atoms with Gasteiger partial charge in [-0.1, -0.05) is 29.8 Å². The number of barbiturate groups is 1. The first kappa shape index (κ1) is 19.1. The summed E-state index contributed by atoms with van der Waals surface area (Å²) in [6, 6.07) is 10.7. The number of hydrogen-bond donors (Lipinski definition) is 1. The normalized spacial score (nSPS) is 15.9. The van der Waals surface area contributed by atoms with Gasteiger partial charge in [0.15, 0.2) is 0 Å². The summed E-state index contributed by atoms with van der Waals surface area (Å²) in [5.41, 5.74) is 0.621. The molecule has 27 heavy (non-hydrogen) atoms. The third kappa shape index (κ3) is 3.89. The van der Waals surface area contributed by atoms with Crippen LogP contribution in [0.1, 0.15) is 12.5 Å². The van der Waals surface area contributed by atoms with Gasteiger partial charge in [-0.3, -0.25) is 14.9 Å². The molecule has 1 fully saturated rings. The molecule has 2 aromatic rings. The van der Waals surface area contributed by atoms with E-state index in [1.54, 1.807) is 36.4 Å². The molecule has 0 unspecified atom stereocenters. The molecule has 0 bridgehead atoms. The molecule has 0 saturated carbocycles. The van der Waals surface area contributed by atoms with Crippen molar-refractivity contribution >= 4 is 57.1 Å². The Labute approximate surface area is 168 Å². The summed E-state index contributed by atoms with van der Waals surface area (Å²) in [6.45, 7) is 2.38. The van der Waals surface area contributed by atoms with Crippen molar-refractivity contribution in [1.82, 2.24) is 5.32 Å². The lowest BCUT2D eigenvalue weighted by molar-refractivity contribution is -0.122. The maximum absolute atomic E-state index is 12.8. The van der Waals surface area contributed by atoms with Gasteiger partial charge < -0.3 is 4.74 Å². The summed E-state index contributed by atoms with van der Waals surface area (Å²) < 4.78 is 6.13. The molecular weight excluding hydrogens is 436 g/mol. The van der Waals surface area contributed by atoms with Gasteiger partial charge in [0.2, 0.25) is 0 Å². The number of nitrogens with zero attached hydrogens (tertiary/aromatic N) is 1. The summed E-state index contributed by atoms with van der Waals surface area (Å²) in [7, 11) is 0. The van der Waals surface area contributed by atoms with Gasteiger partial charge in [-0.15, -0.1) is 0 Å². The second-order valence-electron chi connectivity index (χ2n) is 5.53. The molecule has 138 valence electrons. The van der Waals surface area contributed by atoms with Crippen molar-refractivity contribution in [3.05, 3.63) is 63.1 Å². The third-order valence-electron chi connectivity index (χ3n) is 3.76. The molecular formula is C19H14BrClN2O4. The van der Waals surface area contributed by atoms with Crippen LogP contribution in [0.2, 0.25) is 5.02 Å². The number of halogens is 2. The van der Waals surface area contributed by atoms with E-state index in [2.05, 4.69) is 21.2 Å². The van der Waals surface area contributed by atoms with Crippen LogP contribution in [0.25, 0.3) is 6.08 Å². The zero-order chi connectivity index (χ0) is 19.6. The number of ether oxygens (including phenoxy) is 1. The molecule has 1 N–H and O–H groups in total. The third-order valence-corrected chi connectivity index (χ3v) is 4.70. The zero-order valence-corrected chi connectivity index (χ0v) is 16.5. The topological polar surface area (TPSA) is 75.7 Å². The first-order valence-corrected chi connectivity index (χ1v) is 9.17. The minimum absolute atomic E-state index is 0.175. The molecule has 2 aromatic carbocycles. The van der Waals surface area contributed by atoms with E-state index >= 15 is 0 Å². The number of nitrogens with one attached hydrogen (secondary N) is 1. The molecule has 0 aromatic heterocycles. The van der Waals surface area contributed by atoms with Crippen LogP contribution in [0.3, 0.4) is 0 Å². The Balaban J connectivity index is 2.00. The van der Waals surface area contributed by atoms with Crippen molar-refractivity contribution in [2.45, 2.75) is 6.92 Å². The number of para-hydroxylation sites is 1. The van der Waals surface area contributed by atoms with E-state index in [1.165, 1.54) is 12.1 Å². The standard InChI is InChI=1S/C19H14BrClN2O4/c1-2-27-16-8-7-11(10-13(16)20)9-12-17(24)22-19(26)23(18(12)25)15-6-4-3-5-14(15)21/h3-10H,2H2,1H3,(H,22,24,26)/b12-9+. The molecule has 0 aliphatic carbocycles. The Morgan fingerprint density at radius 1 is 1.19 bits per heavy atom. The molecule has 1 aliphatic rings. The molecule has 4 amide bonds. The number of imide groups is 2. The molecule has 8 heteroatoms. The van der Waals surface area contributed by atoms with Crippen molar-refractivity contribution in [2.24, 2.45) is 0 Å². The number of benzene rings is 2. The van der Waals surface area contributed by atoms with E-state index in [9.17, 15) is 14.4 Å². The van der Waals surface area contributed by atoms with Crippen molar-refractivity contribution in [1.29, 1.82) is 0 Å². The highest BCUT2D eigenvalue weighted by atomic mass is 79.9. The second-order valence-corrected chi connectivity index (χ2v) is 6.79. The lowest BCUT2D eigenvalue weighted by Crippen LogP contribution is -2.54. The predicted octanol–water partition coefficient (Wildman–Crippen LogP) is 4.17. The first-order valence-electron chi connectivity index (χ1n) is 8.00. The summed E-state index contributed by atoms with van der Waals surface area (Å²) in [4.78, 5) is 38.1. The summed E-state index contributed by atoms with van der Waals surface area (Å²) >= 11 is 9.49. The second kappa shape index (κ2) is 7.94. The van der Waals surface area contributed by atoms with E-state index in [-0.39, 0.29) is 16.3 Å². The fourth-order valence-corrected chi connectivity index (χ4v) is 3.29. The van der Waals surface area contributed by atoms with Gasteiger partial charge >= 0.3 is 6.03 Å². The van der Waals surface area contributed by atoms with Gasteiger partial charge in [-0.05, 0) is 58.8 Å². The maximum atomic E-state index is 12.8. The van der Waals surface area contributed by atoms with Crippen LogP contribution in [-0.4, -0.2) is 24.5 Å². The van der Waals surface area contributed by atoms with E-state index < -0.39 is 17.8 Å². The average Bonchev–Trinajstić information content (AvgIpc) is 2.62. The highest BCUT2D eigenvalue weighted by Gasteiger charge is 2.37. The Morgan fingerprint density at radius 2 is 1.93 bits per heavy atom. The summed E-state index contributed by atoms with van der Waals surface area (Å²) in [5.74, 6) is -0.868. The van der Waals surface area contributed by atoms with Crippen molar-refractivity contribution < 1.29 is 19.1 Å². The Bertz CT molecular complexity index is 974. The first-order chi connectivity index (χ1) is 12.9. The van der Waals surface area contributed by atoms with Crippen LogP contribution in [-0.2, 0) is 9.59 Å². The Hall–Kier alpha value is -2.64. The van der Waals surface area contributed by atoms with E-state index in [1.807, 2.05) is 6.92 Å². The van der Waals surface area contributed by atoms with Gasteiger partial charge in [0, 0.05) is 0 Å². The molecule has 1 heterocycles. The lowest BCUT2D eigenvalue weighted by Gasteiger charge is -2.27. The van der Waals surface area contributed by atoms with Crippen molar-refractivity contribution in [3.63, 3.8) is 0 Å². The van der Waals surface area contributed by atoms with E-state index in [4.69, 9.17) is 16.3 Å². The number of rotatable bonds is 4. The number of carbonyl (C=O) groups excluding carboxylic acids is 3. The Morgan fingerprint density at radius 3 is 2.59 bits per heavy atom. The van der Waals surface area contributed by atoms with Crippen LogP contribution in [0.5, 0.6) is 5.75 Å². The number of anilines is 1. The molecule has 1 aliphatic heterocycles. The van der Waals surface area contributed by atoms with Crippen LogP contribution in [0.4, 0.5) is 10.5 Å². The fourth-order valence-electron chi connectivity index (χ4n) is 2.56. The number of amides is 4. The van der Waals surface area contributed by atoms with E-state index in [0.29, 0.717) is 22.4 Å². The van der Waals surface area contributed by atoms with Crippen molar-refractivity contribution in [2.75, 3.05) is 11.5 Å². The monoisotopic (exact) mass is 448 g/mol. The minimum Gasteiger partial charge on any atom is -0.493 e. The quantitative estimate of drug-likeness (QED) is 0.561. The van der Waals surface area contributed by atoms with Crippen LogP contribution < -0.4 is 15.0 Å². The molecule has 0 atom stereocenters. The van der Waals surface area contributed by atoms with Gasteiger partial charge in [0.05, 0.1) is 21.8 Å². The number of urea groups is 1. The largest absolute Gasteiger partial charge is 0.493 e. The van der Waals surface area contributed by atoms with Crippen LogP contribution in [0, 0.1) is 0 Å². The predicted molar refractivity (Wildman–Crippen MR) is 106 cm³/mol. The zero-order valence-electron chi connectivity index (χ0n) is 14.2. The molecule has 1 saturated heterocycles. The van der Waals surface area contributed by atoms with Crippen molar-refractivity contribution in [3.8, 4) is 5.75 Å². The summed E-state index contributed by atoms with van der Waals surface area (Å²) in [6.07, 6.45) is 1.41. The minimum atomic E-state index is -0.844. The van der Waals surface area contributed by atoms with Gasteiger partial charge in [-0.25, -0.2) is 9.69 Å². The Kier molecular flexibility index (Phi) is 5.62. The number of hydrogen-bond acceptors (Lipinski definition) is 4. The van der Waals surface area contributed by atoms with Gasteiger partial charge in [0.1, 0.15) is 11.3 Å². The van der Waals surface area contributed by atoms with E-state index in [0.717, 1.165) is 4.90 Å². The maximum Gasteiger partial charge on any atom is 0.335 e. The molecule has 3 rings (SSSR count). The lowest BCUT2D eigenvalue weighted by atomic mass is 10.1. The van der Waals surface area contributed by atoms with Gasteiger partial charge in [-0.2, -0.15) is 0 Å². The SMILES string of the molecule is CCOc1ccc(/C=C2\C(=O)NC(=O)N(c3ccccc3Cl)C2=O)cc1Br. The molecule has 0 radical (unpaired) electrons. The molecule has 0 spiro atoms. The van der Waals surface area contributed by atoms with Crippen LogP contribution >= 0.6 is 27.5 Å². The highest BCUT2D eigenvalue weighted by molar-refractivity contribution is 9.10. The van der Waals surface area contributed by atoms with Gasteiger partial charge in [0.25, 0.3) is 11.8 Å². The smallest absolute Gasteiger partial charge is 0.335 e. The highest BCUT2D eigenvalue weighted by Crippen LogP contribution is 2.30. The average molecular weight is 450 g/mol. The molecule has 6 nitrogen and oxygen atoms in total. The van der Waals surface area contributed by atoms with Crippen LogP contribution in [0.15, 0.2) is 52.5 Å². The number of carbonyl (C=O) groups is 3. The summed E-state index contributed by atoms with van der Waals surface area (Å²) in [5, 5.41) is 2.39.